The van der Waals surface area contributed by atoms with Crippen LogP contribution >= 0.6 is 15.9 Å². The summed E-state index contributed by atoms with van der Waals surface area (Å²) in [5, 5.41) is 12.1. The Kier molecular flexibility index (Phi) is 7.08. The molecule has 162 valence electrons. The van der Waals surface area contributed by atoms with Gasteiger partial charge in [-0.1, -0.05) is 35.2 Å². The van der Waals surface area contributed by atoms with Crippen molar-refractivity contribution in [1.29, 1.82) is 5.26 Å². The van der Waals surface area contributed by atoms with Crippen molar-refractivity contribution in [3.05, 3.63) is 82.3 Å². The normalized spacial score (nSPS) is 13.8. The maximum atomic E-state index is 13.0. The van der Waals surface area contributed by atoms with Gasteiger partial charge in [-0.3, -0.25) is 4.79 Å². The molecule has 0 saturated heterocycles. The van der Waals surface area contributed by atoms with Crippen molar-refractivity contribution in [3.8, 4) is 29.1 Å². The molecule has 3 aromatic rings. The quantitative estimate of drug-likeness (QED) is 0.404. The van der Waals surface area contributed by atoms with E-state index in [2.05, 4.69) is 27.3 Å². The molecule has 32 heavy (non-hydrogen) atoms. The van der Waals surface area contributed by atoms with E-state index in [0.29, 0.717) is 34.1 Å². The van der Waals surface area contributed by atoms with Crippen molar-refractivity contribution in [2.45, 2.75) is 38.1 Å². The monoisotopic (exact) mass is 490 g/mol. The number of benzene rings is 3. The molecule has 3 aromatic carbocycles. The number of carbonyl (C=O) groups is 1. The van der Waals surface area contributed by atoms with Crippen molar-refractivity contribution < 1.29 is 14.3 Å². The zero-order valence-electron chi connectivity index (χ0n) is 17.5. The van der Waals surface area contributed by atoms with E-state index in [0.717, 1.165) is 30.2 Å². The number of rotatable bonds is 6. The molecule has 0 spiro atoms. The summed E-state index contributed by atoms with van der Waals surface area (Å²) in [7, 11) is 0. The van der Waals surface area contributed by atoms with Crippen LogP contribution in [0.2, 0.25) is 0 Å². The van der Waals surface area contributed by atoms with Gasteiger partial charge in [0.05, 0.1) is 11.6 Å². The molecule has 1 amide bonds. The van der Waals surface area contributed by atoms with Crippen LogP contribution < -0.4 is 14.8 Å². The first-order valence-corrected chi connectivity index (χ1v) is 11.5. The molecular weight excluding hydrogens is 468 g/mol. The summed E-state index contributed by atoms with van der Waals surface area (Å²) in [6, 6.07) is 21.8. The van der Waals surface area contributed by atoms with Gasteiger partial charge >= 0.3 is 0 Å². The van der Waals surface area contributed by atoms with E-state index < -0.39 is 0 Å². The van der Waals surface area contributed by atoms with Gasteiger partial charge in [0.2, 0.25) is 0 Å². The maximum absolute atomic E-state index is 13.0. The Balaban J connectivity index is 1.59. The minimum atomic E-state index is -0.136. The first kappa shape index (κ1) is 21.9. The highest BCUT2D eigenvalue weighted by Gasteiger charge is 2.18. The first-order valence-electron chi connectivity index (χ1n) is 10.7. The molecule has 0 atom stereocenters. The van der Waals surface area contributed by atoms with E-state index in [4.69, 9.17) is 14.7 Å². The lowest BCUT2D eigenvalue weighted by Gasteiger charge is -2.23. The van der Waals surface area contributed by atoms with Crippen LogP contribution in [0.4, 0.5) is 0 Å². The molecule has 1 saturated carbocycles. The lowest BCUT2D eigenvalue weighted by molar-refractivity contribution is 0.0927. The summed E-state index contributed by atoms with van der Waals surface area (Å²) in [5.74, 6) is 2.08. The summed E-state index contributed by atoms with van der Waals surface area (Å²) >= 11 is 3.42. The van der Waals surface area contributed by atoms with Crippen LogP contribution in [-0.4, -0.2) is 11.9 Å². The molecule has 0 bridgehead atoms. The van der Waals surface area contributed by atoms with Crippen LogP contribution in [0.1, 0.15) is 48.0 Å². The predicted octanol–water partition coefficient (Wildman–Crippen LogP) is 6.97. The number of hydrogen-bond donors (Lipinski definition) is 1. The Morgan fingerprint density at radius 3 is 1.97 bits per heavy atom. The average molecular weight is 491 g/mol. The largest absolute Gasteiger partial charge is 0.457 e. The standard InChI is InChI=1S/C26H23BrN2O3/c27-20-8-12-23(13-9-20)32-25-15-19(26(30)29-21-4-2-1-3-5-21)14-24(16-25)31-22-10-6-18(17-28)7-11-22/h6-16,21H,1-5H2,(H,29,30). The maximum Gasteiger partial charge on any atom is 0.251 e. The first-order chi connectivity index (χ1) is 15.6. The zero-order chi connectivity index (χ0) is 22.3. The smallest absolute Gasteiger partial charge is 0.251 e. The summed E-state index contributed by atoms with van der Waals surface area (Å²) < 4.78 is 12.9. The highest BCUT2D eigenvalue weighted by atomic mass is 79.9. The summed E-state index contributed by atoms with van der Waals surface area (Å²) in [4.78, 5) is 13.0. The second-order valence-corrected chi connectivity index (χ2v) is 8.71. The van der Waals surface area contributed by atoms with E-state index in [1.165, 1.54) is 6.42 Å². The number of hydrogen-bond acceptors (Lipinski definition) is 4. The van der Waals surface area contributed by atoms with Crippen LogP contribution in [0.5, 0.6) is 23.0 Å². The summed E-state index contributed by atoms with van der Waals surface area (Å²) in [6.07, 6.45) is 5.53. The lowest BCUT2D eigenvalue weighted by atomic mass is 9.95. The minimum Gasteiger partial charge on any atom is -0.457 e. The van der Waals surface area contributed by atoms with Gasteiger partial charge in [-0.15, -0.1) is 0 Å². The fourth-order valence-electron chi connectivity index (χ4n) is 3.71. The van der Waals surface area contributed by atoms with Crippen molar-refractivity contribution >= 4 is 21.8 Å². The third kappa shape index (κ3) is 5.89. The number of nitriles is 1. The Labute approximate surface area is 196 Å². The molecular formula is C26H23BrN2O3. The minimum absolute atomic E-state index is 0.136. The average Bonchev–Trinajstić information content (AvgIpc) is 2.81. The topological polar surface area (TPSA) is 71.3 Å². The lowest BCUT2D eigenvalue weighted by Crippen LogP contribution is -2.36. The molecule has 1 fully saturated rings. The molecule has 0 aromatic heterocycles. The molecule has 0 radical (unpaired) electrons. The highest BCUT2D eigenvalue weighted by Crippen LogP contribution is 2.31. The third-order valence-corrected chi connectivity index (χ3v) is 5.88. The Morgan fingerprint density at radius 2 is 1.41 bits per heavy atom. The van der Waals surface area contributed by atoms with Gasteiger partial charge in [-0.2, -0.15) is 5.26 Å². The number of ether oxygens (including phenoxy) is 2. The zero-order valence-corrected chi connectivity index (χ0v) is 19.1. The number of halogens is 1. The molecule has 0 heterocycles. The fourth-order valence-corrected chi connectivity index (χ4v) is 3.97. The van der Waals surface area contributed by atoms with Gasteiger partial charge < -0.3 is 14.8 Å². The van der Waals surface area contributed by atoms with E-state index in [1.807, 2.05) is 24.3 Å². The van der Waals surface area contributed by atoms with E-state index in [-0.39, 0.29) is 11.9 Å². The highest BCUT2D eigenvalue weighted by molar-refractivity contribution is 9.10. The number of carbonyl (C=O) groups excluding carboxylic acids is 1. The summed E-state index contributed by atoms with van der Waals surface area (Å²) in [6.45, 7) is 0. The Bertz CT molecular complexity index is 1120. The van der Waals surface area contributed by atoms with Crippen molar-refractivity contribution in [2.24, 2.45) is 0 Å². The Hall–Kier alpha value is -3.30. The molecule has 1 aliphatic rings. The molecule has 1 N–H and O–H groups in total. The van der Waals surface area contributed by atoms with Crippen molar-refractivity contribution in [2.75, 3.05) is 0 Å². The molecule has 4 rings (SSSR count). The van der Waals surface area contributed by atoms with Crippen LogP contribution in [0.3, 0.4) is 0 Å². The fraction of sp³-hybridized carbons (Fsp3) is 0.231. The van der Waals surface area contributed by atoms with E-state index >= 15 is 0 Å². The van der Waals surface area contributed by atoms with Gasteiger partial charge in [-0.05, 0) is 73.5 Å². The number of amides is 1. The van der Waals surface area contributed by atoms with Gasteiger partial charge in [0, 0.05) is 22.1 Å². The van der Waals surface area contributed by atoms with Crippen LogP contribution in [0, 0.1) is 11.3 Å². The van der Waals surface area contributed by atoms with Gasteiger partial charge in [0.15, 0.2) is 0 Å². The van der Waals surface area contributed by atoms with Gasteiger partial charge in [-0.25, -0.2) is 0 Å². The number of nitrogens with one attached hydrogen (secondary N) is 1. The van der Waals surface area contributed by atoms with Crippen molar-refractivity contribution in [3.63, 3.8) is 0 Å². The molecule has 5 nitrogen and oxygen atoms in total. The third-order valence-electron chi connectivity index (χ3n) is 5.35. The molecule has 6 heteroatoms. The van der Waals surface area contributed by atoms with Crippen LogP contribution in [-0.2, 0) is 0 Å². The number of nitrogens with zero attached hydrogens (tertiary/aromatic N) is 1. The van der Waals surface area contributed by atoms with Crippen LogP contribution in [0.15, 0.2) is 71.2 Å². The van der Waals surface area contributed by atoms with E-state index in [9.17, 15) is 4.79 Å². The predicted molar refractivity (Wildman–Crippen MR) is 126 cm³/mol. The van der Waals surface area contributed by atoms with Crippen LogP contribution in [0.25, 0.3) is 0 Å². The molecule has 1 aliphatic carbocycles. The van der Waals surface area contributed by atoms with Gasteiger partial charge in [0.1, 0.15) is 23.0 Å². The second-order valence-electron chi connectivity index (χ2n) is 7.80. The molecule has 0 aliphatic heterocycles. The van der Waals surface area contributed by atoms with Crippen molar-refractivity contribution in [1.82, 2.24) is 5.32 Å². The SMILES string of the molecule is N#Cc1ccc(Oc2cc(Oc3ccc(Br)cc3)cc(C(=O)NC3CCCCC3)c2)cc1. The van der Waals surface area contributed by atoms with E-state index in [1.54, 1.807) is 42.5 Å². The Morgan fingerprint density at radius 1 is 0.844 bits per heavy atom. The van der Waals surface area contributed by atoms with Gasteiger partial charge in [0.25, 0.3) is 5.91 Å². The molecule has 0 unspecified atom stereocenters. The second kappa shape index (κ2) is 10.3. The summed E-state index contributed by atoms with van der Waals surface area (Å²) in [5.41, 5.74) is 1.03.